The molecule has 0 bridgehead atoms. The molecule has 2 unspecified atom stereocenters. The van der Waals surface area contributed by atoms with Crippen LogP contribution in [-0.2, 0) is 28.4 Å². The molecule has 0 aliphatic carbocycles. The molecular formula is C11H20NO7P. The number of carbonyl (C=O) groups excluding carboxylic acids is 2. The van der Waals surface area contributed by atoms with E-state index < -0.39 is 31.4 Å². The van der Waals surface area contributed by atoms with Crippen molar-refractivity contribution in [1.29, 1.82) is 0 Å². The molecule has 0 amide bonds. The van der Waals surface area contributed by atoms with Crippen LogP contribution in [0.3, 0.4) is 0 Å². The largest absolute Gasteiger partial charge is 0.469 e. The first-order valence-corrected chi connectivity index (χ1v) is 8.08. The fraction of sp³-hybridized carbons (Fsp3) is 0.818. The molecule has 1 N–H and O–H groups in total. The summed E-state index contributed by atoms with van der Waals surface area (Å²) in [7, 11) is -1.65. The second kappa shape index (κ2) is 7.73. The SMILES string of the molecule is COC(=O)CC(C(=O)OC)P(=O)(O)CN1CCOCC1. The third-order valence-electron chi connectivity index (χ3n) is 3.05. The van der Waals surface area contributed by atoms with Crippen molar-refractivity contribution < 1.29 is 33.3 Å². The number of hydrogen-bond acceptors (Lipinski definition) is 7. The average molecular weight is 309 g/mol. The predicted molar refractivity (Wildman–Crippen MR) is 69.5 cm³/mol. The Bertz CT molecular complexity index is 394. The quantitative estimate of drug-likeness (QED) is 0.525. The first kappa shape index (κ1) is 17.1. The maximum absolute atomic E-state index is 12.4. The standard InChI is InChI=1S/C11H20NO7P/c1-17-10(13)7-9(11(14)18-2)20(15,16)8-12-3-5-19-6-4-12/h9H,3-8H2,1-2H3,(H,15,16). The Hall–Kier alpha value is -0.950. The lowest BCUT2D eigenvalue weighted by Gasteiger charge is -2.30. The lowest BCUT2D eigenvalue weighted by Crippen LogP contribution is -2.39. The van der Waals surface area contributed by atoms with E-state index in [2.05, 4.69) is 9.47 Å². The van der Waals surface area contributed by atoms with E-state index in [1.165, 1.54) is 0 Å². The highest BCUT2D eigenvalue weighted by Gasteiger charge is 2.41. The van der Waals surface area contributed by atoms with Crippen LogP contribution in [0.4, 0.5) is 0 Å². The van der Waals surface area contributed by atoms with Crippen LogP contribution >= 0.6 is 7.37 Å². The fourth-order valence-corrected chi connectivity index (χ4v) is 3.82. The Labute approximate surface area is 117 Å². The van der Waals surface area contributed by atoms with E-state index in [1.807, 2.05) is 0 Å². The number of nitrogens with zero attached hydrogens (tertiary/aromatic N) is 1. The van der Waals surface area contributed by atoms with Crippen molar-refractivity contribution in [2.45, 2.75) is 12.1 Å². The second-order valence-electron chi connectivity index (χ2n) is 4.45. The molecule has 1 heterocycles. The Kier molecular flexibility index (Phi) is 6.61. The van der Waals surface area contributed by atoms with Gasteiger partial charge in [0.15, 0.2) is 0 Å². The second-order valence-corrected chi connectivity index (χ2v) is 6.86. The summed E-state index contributed by atoms with van der Waals surface area (Å²) in [6.45, 7) is 1.97. The Balaban J connectivity index is 2.77. The van der Waals surface area contributed by atoms with Crippen LogP contribution in [0.5, 0.6) is 0 Å². The van der Waals surface area contributed by atoms with Crippen LogP contribution in [0.2, 0.25) is 0 Å². The normalized spacial score (nSPS) is 20.8. The van der Waals surface area contributed by atoms with Gasteiger partial charge in [0, 0.05) is 13.1 Å². The highest BCUT2D eigenvalue weighted by atomic mass is 31.2. The summed E-state index contributed by atoms with van der Waals surface area (Å²) < 4.78 is 26.5. The first-order valence-electron chi connectivity index (χ1n) is 6.17. The maximum atomic E-state index is 12.4. The van der Waals surface area contributed by atoms with Crippen molar-refractivity contribution in [3.8, 4) is 0 Å². The van der Waals surface area contributed by atoms with Crippen molar-refractivity contribution in [3.63, 3.8) is 0 Å². The maximum Gasteiger partial charge on any atom is 0.319 e. The van der Waals surface area contributed by atoms with Gasteiger partial charge in [0.05, 0.1) is 40.1 Å². The minimum absolute atomic E-state index is 0.173. The molecular weight excluding hydrogens is 289 g/mol. The van der Waals surface area contributed by atoms with Gasteiger partial charge in [-0.1, -0.05) is 0 Å². The number of hydrogen-bond donors (Lipinski definition) is 1. The van der Waals surface area contributed by atoms with Crippen LogP contribution in [-0.4, -0.2) is 74.2 Å². The zero-order valence-corrected chi connectivity index (χ0v) is 12.5. The van der Waals surface area contributed by atoms with Crippen molar-refractivity contribution >= 4 is 19.3 Å². The molecule has 0 saturated carbocycles. The third kappa shape index (κ3) is 4.86. The highest BCUT2D eigenvalue weighted by Crippen LogP contribution is 2.49. The molecule has 0 aromatic carbocycles. The van der Waals surface area contributed by atoms with Gasteiger partial charge in [0.25, 0.3) is 0 Å². The molecule has 8 nitrogen and oxygen atoms in total. The number of esters is 2. The smallest absolute Gasteiger partial charge is 0.319 e. The van der Waals surface area contributed by atoms with Crippen molar-refractivity contribution in [3.05, 3.63) is 0 Å². The lowest BCUT2D eigenvalue weighted by molar-refractivity contribution is -0.147. The summed E-state index contributed by atoms with van der Waals surface area (Å²) >= 11 is 0. The molecule has 1 rings (SSSR count). The molecule has 1 aliphatic heterocycles. The molecule has 20 heavy (non-hydrogen) atoms. The Morgan fingerprint density at radius 3 is 2.40 bits per heavy atom. The van der Waals surface area contributed by atoms with Crippen molar-refractivity contribution in [2.75, 3.05) is 46.8 Å². The summed E-state index contributed by atoms with van der Waals surface area (Å²) in [4.78, 5) is 34.8. The van der Waals surface area contributed by atoms with E-state index >= 15 is 0 Å². The monoisotopic (exact) mass is 309 g/mol. The van der Waals surface area contributed by atoms with E-state index in [1.54, 1.807) is 4.90 Å². The van der Waals surface area contributed by atoms with Crippen molar-refractivity contribution in [2.24, 2.45) is 0 Å². The number of ether oxygens (including phenoxy) is 3. The van der Waals surface area contributed by atoms with Crippen LogP contribution in [0.15, 0.2) is 0 Å². The van der Waals surface area contributed by atoms with E-state index in [0.29, 0.717) is 26.3 Å². The molecule has 0 spiro atoms. The van der Waals surface area contributed by atoms with Gasteiger partial charge in [-0.3, -0.25) is 19.1 Å². The minimum Gasteiger partial charge on any atom is -0.469 e. The van der Waals surface area contributed by atoms with Crippen LogP contribution in [0, 0.1) is 0 Å². The van der Waals surface area contributed by atoms with Gasteiger partial charge < -0.3 is 19.1 Å². The fourth-order valence-electron chi connectivity index (χ4n) is 1.90. The van der Waals surface area contributed by atoms with Crippen LogP contribution in [0.25, 0.3) is 0 Å². The molecule has 1 aliphatic rings. The zero-order valence-electron chi connectivity index (χ0n) is 11.6. The summed E-state index contributed by atoms with van der Waals surface area (Å²) in [5, 5.41) is 0. The third-order valence-corrected chi connectivity index (χ3v) is 5.23. The number of methoxy groups -OCH3 is 2. The predicted octanol–water partition coefficient (Wildman–Crippen LogP) is -0.349. The summed E-state index contributed by atoms with van der Waals surface area (Å²) in [6, 6.07) is 0. The minimum atomic E-state index is -3.92. The van der Waals surface area contributed by atoms with E-state index in [-0.39, 0.29) is 6.29 Å². The number of rotatable bonds is 6. The summed E-state index contributed by atoms with van der Waals surface area (Å²) in [5.41, 5.74) is -1.40. The molecule has 0 aromatic heterocycles. The molecule has 1 saturated heterocycles. The van der Waals surface area contributed by atoms with Crippen molar-refractivity contribution in [1.82, 2.24) is 4.90 Å². The Morgan fingerprint density at radius 1 is 1.30 bits per heavy atom. The number of carbonyl (C=O) groups is 2. The van der Waals surface area contributed by atoms with Crippen LogP contribution < -0.4 is 0 Å². The van der Waals surface area contributed by atoms with Gasteiger partial charge in [0.2, 0.25) is 7.37 Å². The molecule has 0 aromatic rings. The average Bonchev–Trinajstić information content (AvgIpc) is 2.44. The summed E-state index contributed by atoms with van der Waals surface area (Å²) in [5.74, 6) is -1.61. The summed E-state index contributed by atoms with van der Waals surface area (Å²) in [6.07, 6.45) is -0.644. The first-order chi connectivity index (χ1) is 9.40. The topological polar surface area (TPSA) is 102 Å². The molecule has 116 valence electrons. The molecule has 1 fully saturated rings. The van der Waals surface area contributed by atoms with Gasteiger partial charge in [-0.2, -0.15) is 0 Å². The lowest BCUT2D eigenvalue weighted by atomic mass is 10.3. The highest BCUT2D eigenvalue weighted by molar-refractivity contribution is 7.59. The van der Waals surface area contributed by atoms with E-state index in [0.717, 1.165) is 14.2 Å². The van der Waals surface area contributed by atoms with Gasteiger partial charge in [0.1, 0.15) is 5.66 Å². The molecule has 2 atom stereocenters. The van der Waals surface area contributed by atoms with Gasteiger partial charge in [-0.25, -0.2) is 0 Å². The van der Waals surface area contributed by atoms with E-state index in [4.69, 9.17) is 4.74 Å². The van der Waals surface area contributed by atoms with Gasteiger partial charge >= 0.3 is 11.9 Å². The Morgan fingerprint density at radius 2 is 1.90 bits per heavy atom. The number of morpholine rings is 1. The zero-order chi connectivity index (χ0) is 15.2. The molecule has 9 heteroatoms. The van der Waals surface area contributed by atoms with E-state index in [9.17, 15) is 19.0 Å². The van der Waals surface area contributed by atoms with Gasteiger partial charge in [-0.05, 0) is 0 Å². The molecule has 0 radical (unpaired) electrons. The van der Waals surface area contributed by atoms with Crippen LogP contribution in [0.1, 0.15) is 6.42 Å². The van der Waals surface area contributed by atoms with Gasteiger partial charge in [-0.15, -0.1) is 0 Å².